The molecule has 56 heteroatoms. The zero-order valence-corrected chi connectivity index (χ0v) is 67.8. The maximum atomic E-state index is 13.1. The molecular weight excluding hydrogens is 1730 g/mol. The van der Waals surface area contributed by atoms with Crippen LogP contribution in [0, 0.1) is 0 Å². The summed E-state index contributed by atoms with van der Waals surface area (Å²) in [6, 6.07) is -9.19. The molecule has 10 rings (SSSR count). The number of rotatable bonds is 33. The van der Waals surface area contributed by atoms with E-state index >= 15 is 0 Å². The first-order valence-corrected chi connectivity index (χ1v) is 40.1. The van der Waals surface area contributed by atoms with Gasteiger partial charge in [-0.05, 0) is 0 Å². The number of hydrogen-bond donors (Lipinski definition) is 32. The average Bonchev–Trinajstić information content (AvgIpc) is 0.771. The van der Waals surface area contributed by atoms with Gasteiger partial charge >= 0.3 is 0 Å². The van der Waals surface area contributed by atoms with Crippen molar-refractivity contribution < 1.29 is 252 Å². The van der Waals surface area contributed by atoms with Crippen molar-refractivity contribution in [2.45, 2.75) is 341 Å². The van der Waals surface area contributed by atoms with Gasteiger partial charge in [-0.1, -0.05) is 0 Å². The van der Waals surface area contributed by atoms with Gasteiger partial charge in [0.25, 0.3) is 0 Å². The largest absolute Gasteiger partial charge is 0.394 e. The Morgan fingerprint density at radius 3 is 0.825 bits per heavy atom. The predicted molar refractivity (Wildman–Crippen MR) is 388 cm³/mol. The van der Waals surface area contributed by atoms with Crippen LogP contribution in [0.3, 0.4) is 0 Å². The van der Waals surface area contributed by atoms with Crippen LogP contribution in [0.4, 0.5) is 0 Å². The van der Waals surface area contributed by atoms with E-state index in [2.05, 4.69) is 26.6 Å². The summed E-state index contributed by atoms with van der Waals surface area (Å²) in [6.45, 7) is -6.28. The maximum Gasteiger partial charge on any atom is 0.217 e. The van der Waals surface area contributed by atoms with Crippen molar-refractivity contribution in [2.24, 2.45) is 0 Å². The third-order valence-corrected chi connectivity index (χ3v) is 22.9. The van der Waals surface area contributed by atoms with Crippen LogP contribution in [0.25, 0.3) is 0 Å². The smallest absolute Gasteiger partial charge is 0.217 e. The second-order valence-corrected chi connectivity index (χ2v) is 31.7. The van der Waals surface area contributed by atoms with E-state index in [0.717, 1.165) is 34.6 Å². The molecule has 0 spiro atoms. The van der Waals surface area contributed by atoms with Crippen molar-refractivity contribution in [1.29, 1.82) is 0 Å². The summed E-state index contributed by atoms with van der Waals surface area (Å²) in [6.07, 6.45) is -94.3. The quantitative estimate of drug-likeness (QED) is 0.0290. The normalized spacial score (nSPS) is 48.4. The van der Waals surface area contributed by atoms with Crippen LogP contribution in [0.1, 0.15) is 34.6 Å². The summed E-state index contributed by atoms with van der Waals surface area (Å²) in [5.41, 5.74) is 0. The molecule has 0 unspecified atom stereocenters. The Morgan fingerprint density at radius 2 is 0.437 bits per heavy atom. The number of carbonyl (C=O) groups is 5. The van der Waals surface area contributed by atoms with E-state index in [9.17, 15) is 162 Å². The van der Waals surface area contributed by atoms with Crippen LogP contribution in [-0.4, -0.2) is 540 Å². The summed E-state index contributed by atoms with van der Waals surface area (Å²) in [7, 11) is 0. The molecule has 10 aliphatic heterocycles. The molecule has 0 aromatic rings. The van der Waals surface area contributed by atoms with E-state index in [1.165, 1.54) is 0 Å². The van der Waals surface area contributed by atoms with Gasteiger partial charge in [0, 0.05) is 34.6 Å². The van der Waals surface area contributed by atoms with Gasteiger partial charge in [-0.25, -0.2) is 0 Å². The summed E-state index contributed by atoms with van der Waals surface area (Å²) in [5, 5.41) is 314. The second kappa shape index (κ2) is 45.5. The molecule has 10 heterocycles. The van der Waals surface area contributed by atoms with Crippen LogP contribution in [0.5, 0.6) is 0 Å². The number of amides is 5. The number of aliphatic hydroxyl groups excluding tert-OH is 27. The Balaban J connectivity index is 0.998. The predicted octanol–water partition coefficient (Wildman–Crippen LogP) is -22.1. The van der Waals surface area contributed by atoms with E-state index in [0.29, 0.717) is 0 Å². The summed E-state index contributed by atoms with van der Waals surface area (Å²) >= 11 is 0. The van der Waals surface area contributed by atoms with Crippen LogP contribution < -0.4 is 26.6 Å². The van der Waals surface area contributed by atoms with Crippen LogP contribution in [0.2, 0.25) is 0 Å². The third kappa shape index (κ3) is 23.1. The van der Waals surface area contributed by atoms with Crippen molar-refractivity contribution in [2.75, 3.05) is 66.1 Å². The molecule has 5 amide bonds. The highest BCUT2D eigenvalue weighted by atomic mass is 16.8. The van der Waals surface area contributed by atoms with Gasteiger partial charge in [-0.15, -0.1) is 0 Å². The summed E-state index contributed by atoms with van der Waals surface area (Å²) in [5.74, 6) is -4.52. The van der Waals surface area contributed by atoms with Gasteiger partial charge < -0.3 is 254 Å². The highest BCUT2D eigenvalue weighted by molar-refractivity contribution is 5.75. The molecule has 32 N–H and O–H groups in total. The molecule has 10 saturated heterocycles. The number of aliphatic hydroxyl groups is 27. The van der Waals surface area contributed by atoms with E-state index < -0.39 is 402 Å². The molecule has 0 aromatic carbocycles. The van der Waals surface area contributed by atoms with Gasteiger partial charge in [0.05, 0.1) is 66.1 Å². The average molecular weight is 1840 g/mol. The minimum absolute atomic E-state index is 0.804. The topological polar surface area (TPSA) is 867 Å². The number of ether oxygens (including phenoxy) is 19. The van der Waals surface area contributed by atoms with E-state index in [-0.39, 0.29) is 0 Å². The van der Waals surface area contributed by atoms with Gasteiger partial charge in [-0.3, -0.25) is 24.0 Å². The molecule has 0 aliphatic carbocycles. The van der Waals surface area contributed by atoms with Crippen LogP contribution >= 0.6 is 0 Å². The van der Waals surface area contributed by atoms with Gasteiger partial charge in [0.2, 0.25) is 29.5 Å². The molecule has 10 aliphatic rings. The first-order chi connectivity index (χ1) is 59.6. The fraction of sp³-hybridized carbons (Fsp3) is 0.929. The minimum atomic E-state index is -2.59. The lowest BCUT2D eigenvalue weighted by Gasteiger charge is -2.51. The Hall–Kier alpha value is -4.49. The lowest BCUT2D eigenvalue weighted by Crippen LogP contribution is -2.70. The lowest BCUT2D eigenvalue weighted by atomic mass is 9.93. The second-order valence-electron chi connectivity index (χ2n) is 31.7. The molecule has 50 atom stereocenters. The number of carbonyl (C=O) groups excluding carboxylic acids is 5. The lowest BCUT2D eigenvalue weighted by molar-refractivity contribution is -0.393. The molecular formula is C70H117N5O51. The Labute approximate surface area is 713 Å². The van der Waals surface area contributed by atoms with Gasteiger partial charge in [-0.2, -0.15) is 0 Å². The number of hydrogen-bond acceptors (Lipinski definition) is 51. The highest BCUT2D eigenvalue weighted by Gasteiger charge is 2.62. The van der Waals surface area contributed by atoms with Crippen molar-refractivity contribution in [3.8, 4) is 0 Å². The van der Waals surface area contributed by atoms with E-state index in [4.69, 9.17) is 90.0 Å². The van der Waals surface area contributed by atoms with Crippen molar-refractivity contribution >= 4 is 29.5 Å². The Bertz CT molecular complexity index is 3430. The maximum absolute atomic E-state index is 13.1. The van der Waals surface area contributed by atoms with Gasteiger partial charge in [0.15, 0.2) is 62.9 Å². The van der Waals surface area contributed by atoms with Crippen LogP contribution in [-0.2, 0) is 114 Å². The Morgan fingerprint density at radius 1 is 0.206 bits per heavy atom. The van der Waals surface area contributed by atoms with E-state index in [1.54, 1.807) is 0 Å². The van der Waals surface area contributed by atoms with E-state index in [1.807, 2.05) is 0 Å². The SMILES string of the molecule is CC(=O)N[C@@H]1[C@@H](O)[C@H](O[C@@H]2O[C@H](CO)[C@@H](O[C@@H]3O[C@H](CO[C@H]4O[C@H](CO[C@@H]5O[C@H](CO)[C@@H](O[C@@H]6O[C@H](CO)[C@H](O)[C@H](O)[C@H]6O)[C@H](O)[C@H]5NC(C)=O)[C@@H](O)[C@H](O)[C@@H]4O[C@@H]4O[C@H](CO)[C@@H](O[C@@H]5O[C@H](CO)[C@H](O)[C@H](O)[C@H]5O)[C@H](O)[C@H]4NC(C)=O)[C@@H](O)[C@H](O[C@H]4O[C@H](CO)[C@@H](O[C@@H]5O[C@H](CO)[C@@H](O)[C@H](O)[C@H]5NC(C)=O)[C@H](O)[C@@H]4O)[C@@H]3O)[C@H](O)[C@H]2NC(C)=O)[C@@H](CO)O[C@H]1O. The van der Waals surface area contributed by atoms with Crippen molar-refractivity contribution in [3.05, 3.63) is 0 Å². The molecule has 0 radical (unpaired) electrons. The summed E-state index contributed by atoms with van der Waals surface area (Å²) < 4.78 is 113. The minimum Gasteiger partial charge on any atom is -0.394 e. The molecule has 0 bridgehead atoms. The zero-order chi connectivity index (χ0) is 92.8. The Kier molecular flexibility index (Phi) is 37.4. The first kappa shape index (κ1) is 104. The monoisotopic (exact) mass is 1840 g/mol. The standard InChI is InChI=1S/C70H117N5O51/c1-16(84)71-31-42(95)54(24(9-79)110-61(31)107)120-64-34(74-19(4)87)44(97)57(27(12-82)115-64)124-69-53(106)59(125-68-52(105)49(102)58(28(13-83)117-68)121-63-32(72-17(2)85)41(94)36(89)21(6-76)111-63)40(93)30(118-69)15-109-70-60(126-65-35(75-20(5)88)45(98)56(26(11-81)116-65)123-67-51(104)47(100)38(91)23(8-78)113-67)48(101)39(92)29(119-70)14-108-62-33(73-18(3)86)43(96)55(25(10-80)114-62)122-66-50(103)46(99)37(90)22(7-77)112-66/h21-70,76-83,89-107H,6-15H2,1-5H3,(H,71,84)(H,72,85)(H,73,86)(H,74,87)(H,75,88)/t21-,22-,23-,24-,25-,26-,27-,28-,29-,30-,31-,32-,33-,34-,35-,36-,37+,38+,39-,40-,41-,42-,43-,44-,45-,46+,47+,48+,49-,50-,51-,52+,53+,54-,55-,56-,57-,58-,59+,60+,61-,62-,63+,64+,65+,66+,67+,68-,69+,70+/m1/s1. The van der Waals surface area contributed by atoms with Crippen LogP contribution in [0.15, 0.2) is 0 Å². The zero-order valence-electron chi connectivity index (χ0n) is 67.8. The first-order valence-electron chi connectivity index (χ1n) is 40.1. The van der Waals surface area contributed by atoms with Gasteiger partial charge in [0.1, 0.15) is 244 Å². The highest BCUT2D eigenvalue weighted by Crippen LogP contribution is 2.41. The molecule has 0 saturated carbocycles. The molecule has 10 fully saturated rings. The fourth-order valence-corrected chi connectivity index (χ4v) is 16.3. The number of nitrogens with one attached hydrogen (secondary N) is 5. The molecule has 0 aromatic heterocycles. The third-order valence-electron chi connectivity index (χ3n) is 22.9. The van der Waals surface area contributed by atoms with Crippen molar-refractivity contribution in [3.63, 3.8) is 0 Å². The molecule has 56 nitrogen and oxygen atoms in total. The molecule has 728 valence electrons. The molecule has 126 heavy (non-hydrogen) atoms. The summed E-state index contributed by atoms with van der Waals surface area (Å²) in [4.78, 5) is 63.7. The van der Waals surface area contributed by atoms with Crippen molar-refractivity contribution in [1.82, 2.24) is 26.6 Å². The fourth-order valence-electron chi connectivity index (χ4n) is 16.3.